The minimum Gasteiger partial charge on any atom is -0.360 e. The fourth-order valence-electron chi connectivity index (χ4n) is 3.63. The van der Waals surface area contributed by atoms with Gasteiger partial charge in [0.2, 0.25) is 11.0 Å². The van der Waals surface area contributed by atoms with Gasteiger partial charge >= 0.3 is 0 Å². The van der Waals surface area contributed by atoms with E-state index in [0.717, 1.165) is 28.5 Å². The third-order valence-electron chi connectivity index (χ3n) is 4.62. The average Bonchev–Trinajstić information content (AvgIpc) is 3.00. The van der Waals surface area contributed by atoms with E-state index in [-0.39, 0.29) is 5.91 Å². The third-order valence-corrected chi connectivity index (χ3v) is 6.62. The molecule has 2 fully saturated rings. The number of rotatable bonds is 5. The van der Waals surface area contributed by atoms with E-state index in [9.17, 15) is 4.79 Å². The van der Waals surface area contributed by atoms with Gasteiger partial charge in [-0.25, -0.2) is 0 Å². The number of hydrogen-bond donors (Lipinski definition) is 1. The number of aromatic nitrogens is 2. The van der Waals surface area contributed by atoms with Crippen molar-refractivity contribution < 1.29 is 4.79 Å². The zero-order valence-electron chi connectivity index (χ0n) is 13.1. The molecule has 1 aliphatic heterocycles. The van der Waals surface area contributed by atoms with Crippen LogP contribution in [0.1, 0.15) is 45.4 Å². The minimum atomic E-state index is 0.279. The molecule has 1 aromatic heterocycles. The van der Waals surface area contributed by atoms with Crippen molar-refractivity contribution in [3.63, 3.8) is 0 Å². The molecular formula is C15H24N4OS2. The highest BCUT2D eigenvalue weighted by Crippen LogP contribution is 2.36. The molecule has 0 unspecified atom stereocenters. The van der Waals surface area contributed by atoms with Crippen LogP contribution in [0.3, 0.4) is 0 Å². The molecule has 0 bridgehead atoms. The van der Waals surface area contributed by atoms with Gasteiger partial charge in [0.05, 0.1) is 5.75 Å². The summed E-state index contributed by atoms with van der Waals surface area (Å²) in [7, 11) is 0. The summed E-state index contributed by atoms with van der Waals surface area (Å²) in [5.74, 6) is 1.52. The monoisotopic (exact) mass is 340 g/mol. The molecule has 0 radical (unpaired) electrons. The van der Waals surface area contributed by atoms with Crippen LogP contribution in [-0.4, -0.2) is 45.9 Å². The number of nitrogens with one attached hydrogen (secondary N) is 1. The molecule has 1 saturated carbocycles. The van der Waals surface area contributed by atoms with Gasteiger partial charge in [-0.15, -0.1) is 10.2 Å². The van der Waals surface area contributed by atoms with E-state index in [1.807, 2.05) is 6.92 Å². The zero-order chi connectivity index (χ0) is 15.4. The molecule has 2 atom stereocenters. The van der Waals surface area contributed by atoms with Crippen LogP contribution in [0.2, 0.25) is 0 Å². The molecule has 2 aliphatic rings. The molecule has 1 aliphatic carbocycles. The Morgan fingerprint density at radius 1 is 1.32 bits per heavy atom. The number of hydrogen-bond acceptors (Lipinski definition) is 6. The molecule has 1 amide bonds. The lowest BCUT2D eigenvalue weighted by Crippen LogP contribution is -2.50. The molecule has 0 aromatic carbocycles. The molecule has 1 N–H and O–H groups in total. The summed E-state index contributed by atoms with van der Waals surface area (Å²) < 4.78 is 0.876. The van der Waals surface area contributed by atoms with E-state index in [4.69, 9.17) is 0 Å². The van der Waals surface area contributed by atoms with Gasteiger partial charge < -0.3 is 10.2 Å². The van der Waals surface area contributed by atoms with E-state index < -0.39 is 0 Å². The summed E-state index contributed by atoms with van der Waals surface area (Å²) in [6.07, 6.45) is 7.61. The Morgan fingerprint density at radius 2 is 2.14 bits per heavy atom. The van der Waals surface area contributed by atoms with Gasteiger partial charge in [0.15, 0.2) is 4.34 Å². The highest BCUT2D eigenvalue weighted by Gasteiger charge is 2.35. The number of fused-ring (bicyclic) bond motifs is 1. The van der Waals surface area contributed by atoms with Crippen molar-refractivity contribution in [2.24, 2.45) is 5.92 Å². The lowest BCUT2D eigenvalue weighted by molar-refractivity contribution is -0.134. The molecule has 7 heteroatoms. The normalized spacial score (nSPS) is 24.9. The van der Waals surface area contributed by atoms with Crippen LogP contribution in [0.25, 0.3) is 0 Å². The van der Waals surface area contributed by atoms with Gasteiger partial charge in [0.1, 0.15) is 0 Å². The number of piperidine rings is 1. The molecule has 0 spiro atoms. The van der Waals surface area contributed by atoms with Crippen molar-refractivity contribution in [1.82, 2.24) is 15.1 Å². The van der Waals surface area contributed by atoms with Crippen molar-refractivity contribution >= 4 is 34.1 Å². The molecule has 5 nitrogen and oxygen atoms in total. The molecule has 2 heterocycles. The quantitative estimate of drug-likeness (QED) is 0.834. The predicted molar refractivity (Wildman–Crippen MR) is 91.5 cm³/mol. The second-order valence-electron chi connectivity index (χ2n) is 6.03. The number of carbonyl (C=O) groups is 1. The zero-order valence-corrected chi connectivity index (χ0v) is 14.7. The predicted octanol–water partition coefficient (Wildman–Crippen LogP) is 3.24. The summed E-state index contributed by atoms with van der Waals surface area (Å²) in [5.41, 5.74) is 0. The SMILES string of the molecule is CCNc1nnc(SCC(=O)N2CCC[C@H]3CCCC[C@H]32)s1. The summed E-state index contributed by atoms with van der Waals surface area (Å²) in [6.45, 7) is 3.82. The number of thioether (sulfide) groups is 1. The molecule has 22 heavy (non-hydrogen) atoms. The molecule has 122 valence electrons. The van der Waals surface area contributed by atoms with Crippen LogP contribution >= 0.6 is 23.1 Å². The summed E-state index contributed by atoms with van der Waals surface area (Å²) in [5, 5.41) is 12.2. The number of amides is 1. The van der Waals surface area contributed by atoms with Crippen LogP contribution in [-0.2, 0) is 4.79 Å². The molecule has 1 saturated heterocycles. The van der Waals surface area contributed by atoms with Gasteiger partial charge in [-0.3, -0.25) is 4.79 Å². The lowest BCUT2D eigenvalue weighted by Gasteiger charge is -2.44. The largest absolute Gasteiger partial charge is 0.360 e. The Morgan fingerprint density at radius 3 is 3.00 bits per heavy atom. The van der Waals surface area contributed by atoms with E-state index >= 15 is 0 Å². The van der Waals surface area contributed by atoms with Crippen molar-refractivity contribution in [3.05, 3.63) is 0 Å². The first-order valence-corrected chi connectivity index (χ1v) is 10.1. The minimum absolute atomic E-state index is 0.279. The van der Waals surface area contributed by atoms with Gasteiger partial charge in [0, 0.05) is 19.1 Å². The highest BCUT2D eigenvalue weighted by atomic mass is 32.2. The fourth-order valence-corrected chi connectivity index (χ4v) is 5.34. The molecule has 3 rings (SSSR count). The summed E-state index contributed by atoms with van der Waals surface area (Å²) in [4.78, 5) is 14.8. The lowest BCUT2D eigenvalue weighted by atomic mass is 9.78. The van der Waals surface area contributed by atoms with Gasteiger partial charge in [-0.1, -0.05) is 35.9 Å². The van der Waals surface area contributed by atoms with Crippen LogP contribution in [0.4, 0.5) is 5.13 Å². The maximum Gasteiger partial charge on any atom is 0.233 e. The Hall–Kier alpha value is -0.820. The van der Waals surface area contributed by atoms with Gasteiger partial charge in [-0.05, 0) is 38.5 Å². The van der Waals surface area contributed by atoms with Crippen LogP contribution in [0.5, 0.6) is 0 Å². The third kappa shape index (κ3) is 3.74. The smallest absolute Gasteiger partial charge is 0.233 e. The number of likely N-dealkylation sites (tertiary alicyclic amines) is 1. The molecule has 1 aromatic rings. The van der Waals surface area contributed by atoms with E-state index in [1.54, 1.807) is 0 Å². The first kappa shape index (κ1) is 16.1. The Bertz CT molecular complexity index is 505. The Balaban J connectivity index is 1.54. The molecular weight excluding hydrogens is 316 g/mol. The first-order valence-electron chi connectivity index (χ1n) is 8.27. The summed E-state index contributed by atoms with van der Waals surface area (Å²) >= 11 is 3.05. The second-order valence-corrected chi connectivity index (χ2v) is 8.23. The van der Waals surface area contributed by atoms with Crippen molar-refractivity contribution in [2.45, 2.75) is 55.8 Å². The first-order chi connectivity index (χ1) is 10.8. The average molecular weight is 341 g/mol. The van der Waals surface area contributed by atoms with Crippen LogP contribution in [0.15, 0.2) is 4.34 Å². The standard InChI is InChI=1S/C15H24N4OS2/c1-2-16-14-17-18-15(22-14)21-10-13(20)19-9-5-7-11-6-3-4-8-12(11)19/h11-12H,2-10H2,1H3,(H,16,17)/t11-,12-/m1/s1. The van der Waals surface area contributed by atoms with Crippen LogP contribution in [0, 0.1) is 5.92 Å². The van der Waals surface area contributed by atoms with Gasteiger partial charge in [0.25, 0.3) is 0 Å². The summed E-state index contributed by atoms with van der Waals surface area (Å²) in [6, 6.07) is 0.502. The second kappa shape index (κ2) is 7.64. The number of anilines is 1. The van der Waals surface area contributed by atoms with Crippen molar-refractivity contribution in [2.75, 3.05) is 24.2 Å². The Kier molecular flexibility index (Phi) is 5.57. The number of carbonyl (C=O) groups excluding carboxylic acids is 1. The van der Waals surface area contributed by atoms with E-state index in [2.05, 4.69) is 20.4 Å². The van der Waals surface area contributed by atoms with Crippen molar-refractivity contribution in [1.29, 1.82) is 0 Å². The highest BCUT2D eigenvalue weighted by molar-refractivity contribution is 8.01. The van der Waals surface area contributed by atoms with Crippen molar-refractivity contribution in [3.8, 4) is 0 Å². The van der Waals surface area contributed by atoms with Gasteiger partial charge in [-0.2, -0.15) is 0 Å². The van der Waals surface area contributed by atoms with Crippen LogP contribution < -0.4 is 5.32 Å². The van der Waals surface area contributed by atoms with E-state index in [0.29, 0.717) is 11.8 Å². The Labute approximate surface area is 140 Å². The fraction of sp³-hybridized carbons (Fsp3) is 0.800. The maximum atomic E-state index is 12.6. The maximum absolute atomic E-state index is 12.6. The number of nitrogens with zero attached hydrogens (tertiary/aromatic N) is 3. The van der Waals surface area contributed by atoms with E-state index in [1.165, 1.54) is 61.6 Å². The topological polar surface area (TPSA) is 58.1 Å².